The summed E-state index contributed by atoms with van der Waals surface area (Å²) in [5, 5.41) is 42.1. The number of aromatic nitrogens is 10. The second kappa shape index (κ2) is 55.2. The largest absolute Gasteiger partial charge is 0.377 e. The molecule has 0 unspecified atom stereocenters. The van der Waals surface area contributed by atoms with E-state index in [4.69, 9.17) is 128 Å². The molecule has 4 aromatic rings. The number of unbranched alkanes of at least 4 members (excludes halogenated alkanes) is 4. The zero-order chi connectivity index (χ0) is 97.8. The van der Waals surface area contributed by atoms with E-state index in [9.17, 15) is 24.0 Å². The number of ether oxygens (including phenoxy) is 27. The Morgan fingerprint density at radius 1 is 0.403 bits per heavy atom. The van der Waals surface area contributed by atoms with Crippen LogP contribution in [0.1, 0.15) is 131 Å². The Hall–Kier alpha value is -6.46. The third-order valence-corrected chi connectivity index (χ3v) is 26.0. The van der Waals surface area contributed by atoms with Crippen molar-refractivity contribution in [2.24, 2.45) is 0 Å². The van der Waals surface area contributed by atoms with Gasteiger partial charge in [-0.15, -0.1) is 15.3 Å². The fourth-order valence-electron chi connectivity index (χ4n) is 17.4. The predicted molar refractivity (Wildman–Crippen MR) is 487 cm³/mol. The minimum Gasteiger partial charge on any atom is -0.377 e. The van der Waals surface area contributed by atoms with Gasteiger partial charge in [0.2, 0.25) is 29.5 Å². The second-order valence-electron chi connectivity index (χ2n) is 36.8. The molecule has 5 amide bonds. The average molecular weight is 2010 g/mol. The summed E-state index contributed by atoms with van der Waals surface area (Å²) in [5.74, 6) is -2.58. The number of carbonyl (C=O) groups is 5. The molecule has 9 aliphatic rings. The highest BCUT2D eigenvalue weighted by molar-refractivity contribution is 8.76. The minimum atomic E-state index is -1.29. The number of carbonyl (C=O) groups excluding carboxylic acids is 5. The van der Waals surface area contributed by atoms with E-state index in [-0.39, 0.29) is 115 Å². The molecule has 15 atom stereocenters. The van der Waals surface area contributed by atoms with Gasteiger partial charge >= 0.3 is 0 Å². The molecule has 13 heterocycles. The van der Waals surface area contributed by atoms with Gasteiger partial charge in [-0.1, -0.05) is 45.3 Å². The summed E-state index contributed by atoms with van der Waals surface area (Å²) in [6.07, 6.45) is 7.32. The molecule has 782 valence electrons. The number of hydrogen-bond acceptors (Lipinski definition) is 41. The summed E-state index contributed by atoms with van der Waals surface area (Å²) in [4.78, 5) is 67.6. The van der Waals surface area contributed by atoms with E-state index in [1.54, 1.807) is 60.4 Å². The molecule has 139 heavy (non-hydrogen) atoms. The van der Waals surface area contributed by atoms with Crippen molar-refractivity contribution in [2.45, 2.75) is 271 Å². The van der Waals surface area contributed by atoms with Crippen LogP contribution in [-0.2, 0) is 191 Å². The lowest BCUT2D eigenvalue weighted by molar-refractivity contribution is -0.214. The maximum atomic E-state index is 14.4. The standard InChI is InChI=1S/C90H143N15O32S2/c1-63(106)93-72-75-78(132-84(4,5)129-75)88(60-126-81(72)135-88)57-120-44-41-117-38-35-114-32-29-111-26-23-103-48-66(97-100-103)51-123-54-87(96-70(110)19-12-10-15-21-91-69(109)18-13-11-17-47-138-139-71-20-14-16-22-92-71,55-124-52-67-49-104(101-98-67)24-27-112-30-33-115-36-39-118-42-45-121-58-89-61-127-82(136-89)73(94-64(2)107)76-79(89)133-85(6,7)130-76)56-125-53-68-50-105(102-99-68)25-28-113-31-34-116-37-40-119-43-46-122-59-90-62-128-83(137-90)74(95-65(3)108)77-80(90)134-86(8,9)131-77/h14,16,20,22,48-50,72-83H,10-13,15,17-19,21,23-47,51-62H2,1-9H3,(H,91,109)(H,93,106)(H,94,107)(H,95,108)(H,96,110)/t72-,73-,74-,75-,76-,77-,78-,79-,80-,81+,82+,83+,88+,89+,90+/m1/s1. The lowest BCUT2D eigenvalue weighted by Gasteiger charge is -2.42. The van der Waals surface area contributed by atoms with Crippen LogP contribution < -0.4 is 26.6 Å². The monoisotopic (exact) mass is 2010 g/mol. The highest BCUT2D eigenvalue weighted by Gasteiger charge is 2.69. The summed E-state index contributed by atoms with van der Waals surface area (Å²) in [5.41, 5.74) is -2.42. The first-order valence-electron chi connectivity index (χ1n) is 48.1. The maximum Gasteiger partial charge on any atom is 0.220 e. The van der Waals surface area contributed by atoms with Crippen LogP contribution in [0, 0.1) is 0 Å². The predicted octanol–water partition coefficient (Wildman–Crippen LogP) is 1.99. The Kier molecular flexibility index (Phi) is 43.6. The summed E-state index contributed by atoms with van der Waals surface area (Å²) in [6, 6.07) is 4.30. The third-order valence-electron chi connectivity index (χ3n) is 23.7. The van der Waals surface area contributed by atoms with E-state index < -0.39 is 113 Å². The van der Waals surface area contributed by atoms with Crippen LogP contribution in [0.25, 0.3) is 0 Å². The molecule has 13 rings (SSSR count). The van der Waals surface area contributed by atoms with Crippen LogP contribution in [0.3, 0.4) is 0 Å². The lowest BCUT2D eigenvalue weighted by atomic mass is 9.88. The van der Waals surface area contributed by atoms with E-state index in [1.165, 1.54) is 20.8 Å². The van der Waals surface area contributed by atoms with E-state index in [0.717, 1.165) is 30.0 Å². The van der Waals surface area contributed by atoms with Crippen LogP contribution in [0.15, 0.2) is 48.0 Å². The lowest BCUT2D eigenvalue weighted by Crippen LogP contribution is -2.65. The highest BCUT2D eigenvalue weighted by atomic mass is 33.1. The van der Waals surface area contributed by atoms with Gasteiger partial charge in [0.25, 0.3) is 0 Å². The molecule has 49 heteroatoms. The Bertz CT molecular complexity index is 3980. The van der Waals surface area contributed by atoms with Crippen molar-refractivity contribution in [3.05, 3.63) is 60.1 Å². The molecule has 0 aliphatic carbocycles. The summed E-state index contributed by atoms with van der Waals surface area (Å²) < 4.78 is 169. The topological polar surface area (TPSA) is 500 Å². The number of pyridine rings is 1. The number of rotatable bonds is 72. The molecule has 0 aromatic carbocycles. The molecule has 0 spiro atoms. The number of nitrogens with zero attached hydrogens (tertiary/aromatic N) is 10. The van der Waals surface area contributed by atoms with Gasteiger partial charge in [-0.3, -0.25) is 24.0 Å². The fourth-order valence-corrected chi connectivity index (χ4v) is 19.4. The molecule has 9 fully saturated rings. The third kappa shape index (κ3) is 34.3. The van der Waals surface area contributed by atoms with Crippen LogP contribution in [-0.4, -0.2) is 403 Å². The van der Waals surface area contributed by atoms with Crippen molar-refractivity contribution in [2.75, 3.05) is 211 Å². The second-order valence-corrected chi connectivity index (χ2v) is 39.2. The summed E-state index contributed by atoms with van der Waals surface area (Å²) in [7, 11) is 3.42. The van der Waals surface area contributed by atoms with Crippen LogP contribution >= 0.6 is 21.6 Å². The molecule has 0 saturated carbocycles. The molecule has 4 aromatic heterocycles. The van der Waals surface area contributed by atoms with Gasteiger partial charge in [-0.05, 0) is 90.2 Å². The minimum absolute atomic E-state index is 0.00909. The van der Waals surface area contributed by atoms with Gasteiger partial charge in [0.05, 0.1) is 256 Å². The molecule has 6 bridgehead atoms. The number of nitrogens with one attached hydrogen (secondary N) is 5. The van der Waals surface area contributed by atoms with Crippen molar-refractivity contribution in [3.63, 3.8) is 0 Å². The van der Waals surface area contributed by atoms with Gasteiger partial charge < -0.3 is 154 Å². The van der Waals surface area contributed by atoms with Gasteiger partial charge in [0.1, 0.15) is 99.2 Å². The van der Waals surface area contributed by atoms with E-state index in [0.29, 0.717) is 208 Å². The van der Waals surface area contributed by atoms with Crippen LogP contribution in [0.5, 0.6) is 0 Å². The zero-order valence-electron chi connectivity index (χ0n) is 81.3. The summed E-state index contributed by atoms with van der Waals surface area (Å²) >= 11 is 0. The van der Waals surface area contributed by atoms with Crippen LogP contribution in [0.2, 0.25) is 0 Å². The molecule has 0 radical (unpaired) electrons. The van der Waals surface area contributed by atoms with Crippen molar-refractivity contribution >= 4 is 51.1 Å². The molecule has 9 aliphatic heterocycles. The first-order valence-corrected chi connectivity index (χ1v) is 50.5. The Labute approximate surface area is 817 Å². The first-order chi connectivity index (χ1) is 67.3. The summed E-state index contributed by atoms with van der Waals surface area (Å²) in [6.45, 7) is 24.8. The van der Waals surface area contributed by atoms with Gasteiger partial charge in [0.15, 0.2) is 36.2 Å². The zero-order valence-corrected chi connectivity index (χ0v) is 83.0. The van der Waals surface area contributed by atoms with Crippen LogP contribution in [0.4, 0.5) is 0 Å². The van der Waals surface area contributed by atoms with E-state index >= 15 is 0 Å². The Balaban J connectivity index is 0.539. The van der Waals surface area contributed by atoms with Crippen molar-refractivity contribution in [3.8, 4) is 0 Å². The molecule has 47 nitrogen and oxygen atoms in total. The number of fused-ring (bicyclic) bond motifs is 12. The Morgan fingerprint density at radius 2 is 0.741 bits per heavy atom. The fraction of sp³-hybridized carbons (Fsp3) is 0.822. The van der Waals surface area contributed by atoms with E-state index in [2.05, 4.69) is 62.5 Å². The van der Waals surface area contributed by atoms with Crippen molar-refractivity contribution in [1.82, 2.24) is 76.5 Å². The normalized spacial score (nSPS) is 26.6. The van der Waals surface area contributed by atoms with Crippen molar-refractivity contribution in [1.29, 1.82) is 0 Å². The van der Waals surface area contributed by atoms with Crippen molar-refractivity contribution < 1.29 is 152 Å². The Morgan fingerprint density at radius 3 is 1.09 bits per heavy atom. The highest BCUT2D eigenvalue weighted by Crippen LogP contribution is 2.50. The molecule has 9 saturated heterocycles. The average Bonchev–Trinajstić information content (AvgIpc) is 1.58. The number of hydrogen-bond donors (Lipinski definition) is 5. The van der Waals surface area contributed by atoms with Gasteiger partial charge in [-0.2, -0.15) is 0 Å². The molecular formula is C90H143N15O32S2. The van der Waals surface area contributed by atoms with E-state index in [1.807, 2.05) is 59.7 Å². The van der Waals surface area contributed by atoms with Gasteiger partial charge in [-0.25, -0.2) is 19.0 Å². The number of amides is 5. The molecule has 5 N–H and O–H groups in total. The molecular weight excluding hydrogens is 1870 g/mol. The smallest absolute Gasteiger partial charge is 0.220 e. The first kappa shape index (κ1) is 110. The quantitative estimate of drug-likeness (QED) is 0.0312. The maximum absolute atomic E-state index is 14.4. The van der Waals surface area contributed by atoms with Gasteiger partial charge in [0, 0.05) is 52.1 Å². The SMILES string of the molecule is CC(=O)N[C@H]1[C@H]2OC[C@](COCCOCCOCCOCCn3cc(COCC(COCc4cn(CCOCCOCCOCCOC[C@@]56CO[C@@H](O5)[C@H](NC(C)=O)[C@H]5OC(C)(C)O[C@H]56)nn4)(COCc4cn(CCOCCOCCOCCOC[C@@]56CO[C@@H](O5)[C@H](NC(C)=O)[C@H]5OC(C)(C)O[C@H]56)nn4)NC(=O)CCCCCNC(=O)CCCCCSSc4ccccn4)nn3)(O2)[C@@H]2OC(C)(C)O[C@H]12.